The van der Waals surface area contributed by atoms with Crippen LogP contribution in [-0.2, 0) is 10.8 Å². The summed E-state index contributed by atoms with van der Waals surface area (Å²) >= 11 is 0. The van der Waals surface area contributed by atoms with Gasteiger partial charge in [-0.2, -0.15) is 0 Å². The van der Waals surface area contributed by atoms with Crippen LogP contribution in [0.3, 0.4) is 0 Å². The first-order valence-electron chi connectivity index (χ1n) is 5.93. The summed E-state index contributed by atoms with van der Waals surface area (Å²) in [5.41, 5.74) is 2.55. The molecule has 0 unspecified atom stereocenters. The van der Waals surface area contributed by atoms with E-state index in [2.05, 4.69) is 47.6 Å². The van der Waals surface area contributed by atoms with E-state index >= 15 is 0 Å². The molecule has 17 heavy (non-hydrogen) atoms. The van der Waals surface area contributed by atoms with E-state index < -0.39 is 0 Å². The predicted molar refractivity (Wildman–Crippen MR) is 72.4 cm³/mol. The van der Waals surface area contributed by atoms with Crippen LogP contribution in [0.2, 0.25) is 0 Å². The minimum Gasteiger partial charge on any atom is -0.537 e. The Hall–Kier alpha value is -0.955. The molecule has 3 heteroatoms. The number of rotatable bonds is 2. The van der Waals surface area contributed by atoms with Crippen molar-refractivity contribution in [2.24, 2.45) is 0 Å². The fraction of sp³-hybridized carbons (Fsp3) is 0.571. The molecule has 93 valence electrons. The molecule has 0 bridgehead atoms. The lowest BCUT2D eigenvalue weighted by molar-refractivity contribution is 0.450. The molecular weight excluding hydrogens is 211 g/mol. The summed E-state index contributed by atoms with van der Waals surface area (Å²) in [4.78, 5) is 0. The average molecular weight is 233 g/mol. The largest absolute Gasteiger partial charge is 0.569 e. The Morgan fingerprint density at radius 2 is 1.29 bits per heavy atom. The Bertz CT molecular complexity index is 354. The zero-order valence-corrected chi connectivity index (χ0v) is 11.7. The molecule has 0 aromatic heterocycles. The van der Waals surface area contributed by atoms with E-state index in [1.165, 1.54) is 11.1 Å². The molecule has 1 rings (SSSR count). The fourth-order valence-corrected chi connectivity index (χ4v) is 1.59. The lowest BCUT2D eigenvalue weighted by Crippen LogP contribution is -2.17. The van der Waals surface area contributed by atoms with Crippen molar-refractivity contribution >= 4 is 7.69 Å². The van der Waals surface area contributed by atoms with Crippen LogP contribution in [0, 0.1) is 0 Å². The van der Waals surface area contributed by atoms with Crippen molar-refractivity contribution in [2.75, 3.05) is 0 Å². The van der Waals surface area contributed by atoms with Crippen molar-refractivity contribution in [2.45, 2.75) is 52.4 Å². The molecule has 0 atom stereocenters. The van der Waals surface area contributed by atoms with Crippen LogP contribution in [0.1, 0.15) is 52.7 Å². The summed E-state index contributed by atoms with van der Waals surface area (Å²) < 4.78 is 5.11. The monoisotopic (exact) mass is 233 g/mol. The van der Waals surface area contributed by atoms with E-state index in [9.17, 15) is 0 Å². The maximum atomic E-state index is 8.76. The zero-order chi connectivity index (χ0) is 13.3. The molecule has 0 spiro atoms. The fourth-order valence-electron chi connectivity index (χ4n) is 1.59. The molecule has 0 aliphatic rings. The highest BCUT2D eigenvalue weighted by atomic mass is 16.5. The minimum absolute atomic E-state index is 0.0643. The lowest BCUT2D eigenvalue weighted by atomic mass is 9.80. The molecule has 0 saturated carbocycles. The quantitative estimate of drug-likeness (QED) is 0.795. The average Bonchev–Trinajstić information content (AvgIpc) is 2.15. The summed E-state index contributed by atoms with van der Waals surface area (Å²) in [7, 11) is 0.730. The standard InChI is InChI=1S/C14H22BO2/c1-13(2,3)10-7-11(14(4,5)6)9-12(8-10)17-15-16/h7-9,16H,1-6H3. The Morgan fingerprint density at radius 3 is 1.59 bits per heavy atom. The summed E-state index contributed by atoms with van der Waals surface area (Å²) in [6.45, 7) is 13.0. The van der Waals surface area contributed by atoms with Gasteiger partial charge in [0.25, 0.3) is 0 Å². The molecule has 0 aliphatic heterocycles. The molecule has 1 radical (unpaired) electrons. The van der Waals surface area contributed by atoms with Gasteiger partial charge in [-0.25, -0.2) is 0 Å². The Morgan fingerprint density at radius 1 is 0.882 bits per heavy atom. The van der Waals surface area contributed by atoms with Gasteiger partial charge in [0.05, 0.1) is 0 Å². The third kappa shape index (κ3) is 3.77. The van der Waals surface area contributed by atoms with Crippen LogP contribution < -0.4 is 4.65 Å². The van der Waals surface area contributed by atoms with Gasteiger partial charge in [0.2, 0.25) is 0 Å². The molecule has 0 fully saturated rings. The van der Waals surface area contributed by atoms with Gasteiger partial charge in [-0.15, -0.1) is 0 Å². The Balaban J connectivity index is 3.29. The van der Waals surface area contributed by atoms with Crippen molar-refractivity contribution in [3.63, 3.8) is 0 Å². The van der Waals surface area contributed by atoms with Crippen LogP contribution in [0.15, 0.2) is 18.2 Å². The Labute approximate surface area is 105 Å². The number of hydrogen-bond acceptors (Lipinski definition) is 2. The van der Waals surface area contributed by atoms with E-state index in [1.807, 2.05) is 12.1 Å². The predicted octanol–water partition coefficient (Wildman–Crippen LogP) is 3.19. The highest BCUT2D eigenvalue weighted by Gasteiger charge is 2.20. The van der Waals surface area contributed by atoms with Crippen LogP contribution in [0.25, 0.3) is 0 Å². The molecule has 0 heterocycles. The lowest BCUT2D eigenvalue weighted by Gasteiger charge is -2.26. The highest BCUT2D eigenvalue weighted by Crippen LogP contribution is 2.32. The van der Waals surface area contributed by atoms with Gasteiger partial charge in [0.15, 0.2) is 0 Å². The van der Waals surface area contributed by atoms with Gasteiger partial charge >= 0.3 is 7.69 Å². The summed E-state index contributed by atoms with van der Waals surface area (Å²) in [6, 6.07) is 6.16. The van der Waals surface area contributed by atoms with Gasteiger partial charge in [-0.05, 0) is 34.1 Å². The number of hydrogen-bond donors (Lipinski definition) is 1. The van der Waals surface area contributed by atoms with Crippen molar-refractivity contribution in [1.29, 1.82) is 0 Å². The highest BCUT2D eigenvalue weighted by molar-refractivity contribution is 6.17. The molecule has 0 saturated heterocycles. The minimum atomic E-state index is 0.0643. The summed E-state index contributed by atoms with van der Waals surface area (Å²) in [5.74, 6) is 0.685. The van der Waals surface area contributed by atoms with Crippen LogP contribution >= 0.6 is 0 Å². The van der Waals surface area contributed by atoms with E-state index in [1.54, 1.807) is 0 Å². The van der Waals surface area contributed by atoms with Crippen LogP contribution in [-0.4, -0.2) is 12.7 Å². The van der Waals surface area contributed by atoms with Crippen molar-refractivity contribution < 1.29 is 9.68 Å². The molecule has 1 N–H and O–H groups in total. The van der Waals surface area contributed by atoms with E-state index in [0.29, 0.717) is 5.75 Å². The van der Waals surface area contributed by atoms with Gasteiger partial charge in [-0.3, -0.25) is 0 Å². The molecule has 1 aromatic carbocycles. The summed E-state index contributed by atoms with van der Waals surface area (Å²) in [6.07, 6.45) is 0. The number of benzene rings is 1. The van der Waals surface area contributed by atoms with Crippen molar-refractivity contribution in [3.05, 3.63) is 29.3 Å². The topological polar surface area (TPSA) is 29.5 Å². The van der Waals surface area contributed by atoms with Gasteiger partial charge in [0.1, 0.15) is 5.75 Å². The summed E-state index contributed by atoms with van der Waals surface area (Å²) in [5, 5.41) is 8.76. The SMILES string of the molecule is CC(C)(C)c1cc(O[B]O)cc(C(C)(C)C)c1. The third-order valence-electron chi connectivity index (χ3n) is 2.83. The normalized spacial score (nSPS) is 12.4. The maximum Gasteiger partial charge on any atom is 0.569 e. The van der Waals surface area contributed by atoms with Gasteiger partial charge in [-0.1, -0.05) is 47.6 Å². The second-order valence-electron chi connectivity index (χ2n) is 6.47. The van der Waals surface area contributed by atoms with Crippen LogP contribution in [0.4, 0.5) is 0 Å². The third-order valence-corrected chi connectivity index (χ3v) is 2.83. The molecule has 0 amide bonds. The molecular formula is C14H22BO2. The second kappa shape index (κ2) is 4.73. The van der Waals surface area contributed by atoms with E-state index in [4.69, 9.17) is 9.68 Å². The zero-order valence-electron chi connectivity index (χ0n) is 11.7. The molecule has 1 aromatic rings. The van der Waals surface area contributed by atoms with Gasteiger partial charge in [0, 0.05) is 0 Å². The second-order valence-corrected chi connectivity index (χ2v) is 6.47. The smallest absolute Gasteiger partial charge is 0.537 e. The molecule has 2 nitrogen and oxygen atoms in total. The van der Waals surface area contributed by atoms with E-state index in [-0.39, 0.29) is 10.8 Å². The van der Waals surface area contributed by atoms with E-state index in [0.717, 1.165) is 7.69 Å². The Kier molecular flexibility index (Phi) is 3.93. The van der Waals surface area contributed by atoms with Crippen molar-refractivity contribution in [3.8, 4) is 5.75 Å². The first-order chi connectivity index (χ1) is 7.64. The first-order valence-corrected chi connectivity index (χ1v) is 5.93. The first kappa shape index (κ1) is 14.1. The molecule has 0 aliphatic carbocycles. The van der Waals surface area contributed by atoms with Gasteiger partial charge < -0.3 is 9.68 Å². The maximum absolute atomic E-state index is 8.76. The van der Waals surface area contributed by atoms with Crippen molar-refractivity contribution in [1.82, 2.24) is 0 Å². The van der Waals surface area contributed by atoms with Crippen LogP contribution in [0.5, 0.6) is 5.75 Å².